The summed E-state index contributed by atoms with van der Waals surface area (Å²) < 4.78 is 9.92. The van der Waals surface area contributed by atoms with Gasteiger partial charge in [-0.3, -0.25) is 4.90 Å². The SMILES string of the molecule is CCC1CN(Cc2ccoc2C(=O)OC)CCC1N. The van der Waals surface area contributed by atoms with E-state index in [1.165, 1.54) is 13.4 Å². The predicted molar refractivity (Wildman–Crippen MR) is 71.7 cm³/mol. The van der Waals surface area contributed by atoms with Crippen LogP contribution in [0.4, 0.5) is 0 Å². The predicted octanol–water partition coefficient (Wildman–Crippen LogP) is 1.63. The second kappa shape index (κ2) is 6.21. The lowest BCUT2D eigenvalue weighted by molar-refractivity contribution is 0.0560. The summed E-state index contributed by atoms with van der Waals surface area (Å²) in [5.41, 5.74) is 6.99. The van der Waals surface area contributed by atoms with E-state index in [4.69, 9.17) is 14.9 Å². The lowest BCUT2D eigenvalue weighted by Crippen LogP contribution is -2.46. The van der Waals surface area contributed by atoms with Crippen LogP contribution in [0.15, 0.2) is 16.7 Å². The maximum atomic E-state index is 11.6. The molecule has 1 aliphatic rings. The highest BCUT2D eigenvalue weighted by Crippen LogP contribution is 2.22. The molecule has 0 aromatic carbocycles. The first-order valence-electron chi connectivity index (χ1n) is 6.78. The molecule has 1 saturated heterocycles. The fraction of sp³-hybridized carbons (Fsp3) is 0.643. The molecule has 0 amide bonds. The lowest BCUT2D eigenvalue weighted by atomic mass is 9.90. The van der Waals surface area contributed by atoms with Gasteiger partial charge < -0.3 is 14.9 Å². The van der Waals surface area contributed by atoms with E-state index in [1.807, 2.05) is 6.07 Å². The molecular formula is C14H22N2O3. The van der Waals surface area contributed by atoms with E-state index in [1.54, 1.807) is 0 Å². The minimum Gasteiger partial charge on any atom is -0.463 e. The van der Waals surface area contributed by atoms with Gasteiger partial charge in [0.2, 0.25) is 5.76 Å². The summed E-state index contributed by atoms with van der Waals surface area (Å²) >= 11 is 0. The summed E-state index contributed by atoms with van der Waals surface area (Å²) in [6.45, 7) is 4.82. The van der Waals surface area contributed by atoms with E-state index in [-0.39, 0.29) is 0 Å². The van der Waals surface area contributed by atoms with Gasteiger partial charge in [0.25, 0.3) is 0 Å². The summed E-state index contributed by atoms with van der Waals surface area (Å²) in [7, 11) is 1.36. The highest BCUT2D eigenvalue weighted by Gasteiger charge is 2.26. The number of hydrogen-bond acceptors (Lipinski definition) is 5. The van der Waals surface area contributed by atoms with Gasteiger partial charge in [0.1, 0.15) is 0 Å². The van der Waals surface area contributed by atoms with E-state index in [0.717, 1.165) is 31.5 Å². The number of carbonyl (C=O) groups is 1. The Labute approximate surface area is 113 Å². The van der Waals surface area contributed by atoms with Crippen LogP contribution in [0, 0.1) is 5.92 Å². The maximum absolute atomic E-state index is 11.6. The second-order valence-corrected chi connectivity index (χ2v) is 5.12. The molecule has 5 heteroatoms. The summed E-state index contributed by atoms with van der Waals surface area (Å²) in [6, 6.07) is 2.13. The Hall–Kier alpha value is -1.33. The van der Waals surface area contributed by atoms with Gasteiger partial charge in [0, 0.05) is 24.7 Å². The van der Waals surface area contributed by atoms with Crippen molar-refractivity contribution in [3.05, 3.63) is 23.7 Å². The van der Waals surface area contributed by atoms with Crippen molar-refractivity contribution in [3.63, 3.8) is 0 Å². The van der Waals surface area contributed by atoms with E-state index in [0.29, 0.717) is 24.3 Å². The number of carbonyl (C=O) groups excluding carboxylic acids is 1. The first-order valence-corrected chi connectivity index (χ1v) is 6.78. The number of rotatable bonds is 4. The normalized spacial score (nSPS) is 24.4. The lowest BCUT2D eigenvalue weighted by Gasteiger charge is -2.36. The topological polar surface area (TPSA) is 68.7 Å². The summed E-state index contributed by atoms with van der Waals surface area (Å²) in [5, 5.41) is 0. The van der Waals surface area contributed by atoms with Gasteiger partial charge in [-0.25, -0.2) is 4.79 Å². The second-order valence-electron chi connectivity index (χ2n) is 5.12. The van der Waals surface area contributed by atoms with Crippen molar-refractivity contribution in [2.45, 2.75) is 32.4 Å². The molecule has 0 aliphatic carbocycles. The molecule has 1 aliphatic heterocycles. The Balaban J connectivity index is 2.02. The first kappa shape index (κ1) is 14.1. The minimum absolute atomic E-state index is 0.297. The average Bonchev–Trinajstić information content (AvgIpc) is 2.88. The van der Waals surface area contributed by atoms with Crippen molar-refractivity contribution >= 4 is 5.97 Å². The van der Waals surface area contributed by atoms with Gasteiger partial charge in [-0.15, -0.1) is 0 Å². The van der Waals surface area contributed by atoms with Crippen LogP contribution in [0.3, 0.4) is 0 Å². The van der Waals surface area contributed by atoms with Crippen LogP contribution in [0.25, 0.3) is 0 Å². The van der Waals surface area contributed by atoms with Crippen molar-refractivity contribution in [2.24, 2.45) is 11.7 Å². The molecule has 2 heterocycles. The third-order valence-electron chi connectivity index (χ3n) is 3.91. The first-order chi connectivity index (χ1) is 9.15. The number of likely N-dealkylation sites (tertiary alicyclic amines) is 1. The molecule has 0 saturated carbocycles. The monoisotopic (exact) mass is 266 g/mol. The van der Waals surface area contributed by atoms with E-state index >= 15 is 0 Å². The third-order valence-corrected chi connectivity index (χ3v) is 3.91. The molecule has 0 bridgehead atoms. The number of methoxy groups -OCH3 is 1. The zero-order valence-electron chi connectivity index (χ0n) is 11.6. The van der Waals surface area contributed by atoms with Crippen LogP contribution >= 0.6 is 0 Å². The van der Waals surface area contributed by atoms with Crippen molar-refractivity contribution < 1.29 is 13.9 Å². The Bertz CT molecular complexity index is 430. The van der Waals surface area contributed by atoms with Gasteiger partial charge in [-0.1, -0.05) is 13.3 Å². The van der Waals surface area contributed by atoms with Gasteiger partial charge in [-0.2, -0.15) is 0 Å². The molecule has 2 atom stereocenters. The Morgan fingerprint density at radius 1 is 1.63 bits per heavy atom. The molecule has 19 heavy (non-hydrogen) atoms. The third kappa shape index (κ3) is 3.16. The molecule has 0 radical (unpaired) electrons. The van der Waals surface area contributed by atoms with E-state index < -0.39 is 5.97 Å². The van der Waals surface area contributed by atoms with Crippen LogP contribution < -0.4 is 5.73 Å². The number of nitrogens with zero attached hydrogens (tertiary/aromatic N) is 1. The molecule has 2 unspecified atom stereocenters. The number of furan rings is 1. The van der Waals surface area contributed by atoms with E-state index in [2.05, 4.69) is 11.8 Å². The molecule has 1 fully saturated rings. The molecule has 106 valence electrons. The molecule has 2 rings (SSSR count). The quantitative estimate of drug-likeness (QED) is 0.839. The van der Waals surface area contributed by atoms with Gasteiger partial charge in [0.05, 0.1) is 13.4 Å². The molecule has 1 aromatic heterocycles. The highest BCUT2D eigenvalue weighted by molar-refractivity contribution is 5.87. The number of esters is 1. The number of ether oxygens (including phenoxy) is 1. The van der Waals surface area contributed by atoms with Crippen molar-refractivity contribution in [3.8, 4) is 0 Å². The summed E-state index contributed by atoms with van der Waals surface area (Å²) in [5.74, 6) is 0.424. The van der Waals surface area contributed by atoms with Gasteiger partial charge in [-0.05, 0) is 24.9 Å². The van der Waals surface area contributed by atoms with Gasteiger partial charge >= 0.3 is 5.97 Å². The number of piperidine rings is 1. The molecule has 2 N–H and O–H groups in total. The van der Waals surface area contributed by atoms with Crippen LogP contribution in [-0.4, -0.2) is 37.1 Å². The van der Waals surface area contributed by atoms with Crippen LogP contribution in [0.5, 0.6) is 0 Å². The molecular weight excluding hydrogens is 244 g/mol. The fourth-order valence-electron chi connectivity index (χ4n) is 2.67. The largest absolute Gasteiger partial charge is 0.463 e. The Kier molecular flexibility index (Phi) is 4.61. The standard InChI is InChI=1S/C14H22N2O3/c1-3-10-8-16(6-4-12(10)15)9-11-5-7-19-13(11)14(17)18-2/h5,7,10,12H,3-4,6,8-9,15H2,1-2H3. The zero-order chi connectivity index (χ0) is 13.8. The number of nitrogens with two attached hydrogens (primary N) is 1. The fourth-order valence-corrected chi connectivity index (χ4v) is 2.67. The summed E-state index contributed by atoms with van der Waals surface area (Å²) in [4.78, 5) is 13.9. The molecule has 1 aromatic rings. The van der Waals surface area contributed by atoms with Crippen LogP contribution in [-0.2, 0) is 11.3 Å². The maximum Gasteiger partial charge on any atom is 0.374 e. The van der Waals surface area contributed by atoms with Gasteiger partial charge in [0.15, 0.2) is 0 Å². The number of hydrogen-bond donors (Lipinski definition) is 1. The summed E-state index contributed by atoms with van der Waals surface area (Å²) in [6.07, 6.45) is 3.63. The Morgan fingerprint density at radius 2 is 2.42 bits per heavy atom. The van der Waals surface area contributed by atoms with E-state index in [9.17, 15) is 4.79 Å². The minimum atomic E-state index is -0.416. The van der Waals surface area contributed by atoms with Crippen molar-refractivity contribution in [1.82, 2.24) is 4.90 Å². The average molecular weight is 266 g/mol. The molecule has 0 spiro atoms. The van der Waals surface area contributed by atoms with Crippen LogP contribution in [0.2, 0.25) is 0 Å². The highest BCUT2D eigenvalue weighted by atomic mass is 16.5. The van der Waals surface area contributed by atoms with Crippen LogP contribution in [0.1, 0.15) is 35.9 Å². The Morgan fingerprint density at radius 3 is 3.11 bits per heavy atom. The van der Waals surface area contributed by atoms with Crippen molar-refractivity contribution in [2.75, 3.05) is 20.2 Å². The molecule has 5 nitrogen and oxygen atoms in total. The van der Waals surface area contributed by atoms with Crippen molar-refractivity contribution in [1.29, 1.82) is 0 Å². The zero-order valence-corrected chi connectivity index (χ0v) is 11.6. The smallest absolute Gasteiger partial charge is 0.374 e.